The highest BCUT2D eigenvalue weighted by atomic mass is 127. The molecule has 2 amide bonds. The fourth-order valence-corrected chi connectivity index (χ4v) is 3.49. The molecule has 4 N–H and O–H groups in total. The molecule has 0 aliphatic heterocycles. The maximum Gasteiger partial charge on any atom is 0.251 e. The van der Waals surface area contributed by atoms with Crippen molar-refractivity contribution in [1.29, 1.82) is 0 Å². The highest BCUT2D eigenvalue weighted by Crippen LogP contribution is 2.27. The lowest BCUT2D eigenvalue weighted by molar-refractivity contribution is -0.121. The van der Waals surface area contributed by atoms with Crippen LogP contribution in [-0.2, 0) is 11.2 Å². The molecule has 1 saturated carbocycles. The van der Waals surface area contributed by atoms with Crippen molar-refractivity contribution in [2.75, 3.05) is 33.7 Å². The Kier molecular flexibility index (Phi) is 12.3. The van der Waals surface area contributed by atoms with Crippen LogP contribution in [0.5, 0.6) is 0 Å². The first-order valence-corrected chi connectivity index (χ1v) is 10.1. The maximum absolute atomic E-state index is 11.9. The van der Waals surface area contributed by atoms with Crippen LogP contribution in [-0.4, -0.2) is 51.5 Å². The second kappa shape index (κ2) is 14.2. The minimum absolute atomic E-state index is 0. The Hall–Kier alpha value is -1.84. The SMILES string of the molecule is CN=C(NCCNC(=O)CC1CCCC1)NCCc1cccc(C(=O)NC)c1.I. The average Bonchev–Trinajstić information content (AvgIpc) is 3.22. The lowest BCUT2D eigenvalue weighted by Gasteiger charge is -2.13. The van der Waals surface area contributed by atoms with E-state index in [0.717, 1.165) is 12.0 Å². The van der Waals surface area contributed by atoms with Crippen LogP contribution in [0, 0.1) is 5.92 Å². The molecule has 1 fully saturated rings. The van der Waals surface area contributed by atoms with Crippen molar-refractivity contribution in [1.82, 2.24) is 21.3 Å². The predicted molar refractivity (Wildman–Crippen MR) is 128 cm³/mol. The number of benzene rings is 1. The summed E-state index contributed by atoms with van der Waals surface area (Å²) in [4.78, 5) is 27.8. The quantitative estimate of drug-likeness (QED) is 0.175. The Morgan fingerprint density at radius 1 is 1.07 bits per heavy atom. The Labute approximate surface area is 190 Å². The first-order valence-electron chi connectivity index (χ1n) is 10.1. The molecule has 1 aromatic carbocycles. The van der Waals surface area contributed by atoms with E-state index in [2.05, 4.69) is 26.3 Å². The molecule has 8 heteroatoms. The molecular formula is C21H34IN5O2. The molecule has 7 nitrogen and oxygen atoms in total. The number of nitrogens with zero attached hydrogens (tertiary/aromatic N) is 1. The Bertz CT molecular complexity index is 675. The van der Waals surface area contributed by atoms with Crippen molar-refractivity contribution in [2.45, 2.75) is 38.5 Å². The molecule has 1 aliphatic rings. The van der Waals surface area contributed by atoms with Gasteiger partial charge in [0.1, 0.15) is 0 Å². The van der Waals surface area contributed by atoms with Gasteiger partial charge in [0, 0.05) is 45.7 Å². The predicted octanol–water partition coefficient (Wildman–Crippen LogP) is 2.07. The van der Waals surface area contributed by atoms with Gasteiger partial charge in [-0.2, -0.15) is 0 Å². The van der Waals surface area contributed by atoms with Gasteiger partial charge in [-0.05, 0) is 42.9 Å². The van der Waals surface area contributed by atoms with E-state index < -0.39 is 0 Å². The van der Waals surface area contributed by atoms with Gasteiger partial charge >= 0.3 is 0 Å². The van der Waals surface area contributed by atoms with Crippen molar-refractivity contribution >= 4 is 41.8 Å². The topological polar surface area (TPSA) is 94.6 Å². The van der Waals surface area contributed by atoms with Gasteiger partial charge in [-0.15, -0.1) is 24.0 Å². The summed E-state index contributed by atoms with van der Waals surface area (Å²) in [6, 6.07) is 7.60. The second-order valence-corrected chi connectivity index (χ2v) is 7.16. The molecule has 0 spiro atoms. The number of hydrogen-bond acceptors (Lipinski definition) is 3. The summed E-state index contributed by atoms with van der Waals surface area (Å²) < 4.78 is 0. The van der Waals surface area contributed by atoms with E-state index in [1.165, 1.54) is 25.7 Å². The van der Waals surface area contributed by atoms with E-state index in [1.807, 2.05) is 18.2 Å². The van der Waals surface area contributed by atoms with Gasteiger partial charge in [0.25, 0.3) is 5.91 Å². The number of rotatable bonds is 9. The molecule has 2 rings (SSSR count). The van der Waals surface area contributed by atoms with E-state index in [0.29, 0.717) is 43.5 Å². The Morgan fingerprint density at radius 2 is 1.76 bits per heavy atom. The van der Waals surface area contributed by atoms with Crippen molar-refractivity contribution in [3.8, 4) is 0 Å². The zero-order chi connectivity index (χ0) is 20.2. The van der Waals surface area contributed by atoms with Gasteiger partial charge in [-0.3, -0.25) is 14.6 Å². The van der Waals surface area contributed by atoms with Crippen LogP contribution < -0.4 is 21.3 Å². The van der Waals surface area contributed by atoms with E-state index in [9.17, 15) is 9.59 Å². The number of carbonyl (C=O) groups excluding carboxylic acids is 2. The third-order valence-corrected chi connectivity index (χ3v) is 5.03. The molecule has 29 heavy (non-hydrogen) atoms. The number of carbonyl (C=O) groups is 2. The fraction of sp³-hybridized carbons (Fsp3) is 0.571. The van der Waals surface area contributed by atoms with E-state index in [4.69, 9.17) is 0 Å². The lowest BCUT2D eigenvalue weighted by Crippen LogP contribution is -2.42. The molecule has 0 atom stereocenters. The first-order chi connectivity index (χ1) is 13.6. The van der Waals surface area contributed by atoms with E-state index in [1.54, 1.807) is 20.2 Å². The average molecular weight is 515 g/mol. The summed E-state index contributed by atoms with van der Waals surface area (Å²) in [6.45, 7) is 1.91. The molecule has 1 aromatic rings. The molecule has 0 unspecified atom stereocenters. The minimum Gasteiger partial charge on any atom is -0.356 e. The van der Waals surface area contributed by atoms with Crippen LogP contribution >= 0.6 is 24.0 Å². The summed E-state index contributed by atoms with van der Waals surface area (Å²) in [6.07, 6.45) is 6.34. The number of nitrogens with one attached hydrogen (secondary N) is 4. The van der Waals surface area contributed by atoms with Gasteiger partial charge in [-0.25, -0.2) is 0 Å². The zero-order valence-electron chi connectivity index (χ0n) is 17.4. The molecule has 0 aromatic heterocycles. The number of aliphatic imine (C=N–C) groups is 1. The zero-order valence-corrected chi connectivity index (χ0v) is 19.8. The minimum atomic E-state index is -0.0812. The summed E-state index contributed by atoms with van der Waals surface area (Å²) in [5.41, 5.74) is 1.75. The second-order valence-electron chi connectivity index (χ2n) is 7.16. The molecule has 162 valence electrons. The number of guanidine groups is 1. The molecule has 0 saturated heterocycles. The van der Waals surface area contributed by atoms with Crippen LogP contribution in [0.3, 0.4) is 0 Å². The van der Waals surface area contributed by atoms with Crippen LogP contribution in [0.15, 0.2) is 29.3 Å². The number of hydrogen-bond donors (Lipinski definition) is 4. The standard InChI is InChI=1S/C21H33N5O2.HI/c1-22-20(28)18-9-5-8-17(14-18)10-11-25-21(23-2)26-13-12-24-19(27)15-16-6-3-4-7-16;/h5,8-9,14,16H,3-4,6-7,10-13,15H2,1-2H3,(H,22,28)(H,24,27)(H2,23,25,26);1H. The molecule has 0 bridgehead atoms. The smallest absolute Gasteiger partial charge is 0.251 e. The van der Waals surface area contributed by atoms with E-state index in [-0.39, 0.29) is 35.8 Å². The fourth-order valence-electron chi connectivity index (χ4n) is 3.49. The summed E-state index contributed by atoms with van der Waals surface area (Å²) in [5, 5.41) is 12.1. The number of amides is 2. The van der Waals surface area contributed by atoms with Crippen LogP contribution in [0.1, 0.15) is 48.0 Å². The number of halogens is 1. The van der Waals surface area contributed by atoms with Gasteiger partial charge in [-0.1, -0.05) is 25.0 Å². The molecule has 1 aliphatic carbocycles. The van der Waals surface area contributed by atoms with Crippen LogP contribution in [0.4, 0.5) is 0 Å². The highest BCUT2D eigenvalue weighted by molar-refractivity contribution is 14.0. The Balaban J connectivity index is 0.00000420. The Morgan fingerprint density at radius 3 is 2.45 bits per heavy atom. The van der Waals surface area contributed by atoms with Gasteiger partial charge in [0.05, 0.1) is 0 Å². The van der Waals surface area contributed by atoms with Crippen LogP contribution in [0.25, 0.3) is 0 Å². The van der Waals surface area contributed by atoms with Crippen molar-refractivity contribution in [3.63, 3.8) is 0 Å². The third-order valence-electron chi connectivity index (χ3n) is 5.03. The summed E-state index contributed by atoms with van der Waals surface area (Å²) in [7, 11) is 3.35. The lowest BCUT2D eigenvalue weighted by atomic mass is 10.0. The summed E-state index contributed by atoms with van der Waals surface area (Å²) >= 11 is 0. The highest BCUT2D eigenvalue weighted by Gasteiger charge is 2.17. The maximum atomic E-state index is 11.9. The third kappa shape index (κ3) is 9.47. The van der Waals surface area contributed by atoms with E-state index >= 15 is 0 Å². The molecule has 0 radical (unpaired) electrons. The van der Waals surface area contributed by atoms with Crippen molar-refractivity contribution < 1.29 is 9.59 Å². The first kappa shape index (κ1) is 25.2. The van der Waals surface area contributed by atoms with Gasteiger partial charge in [0.15, 0.2) is 5.96 Å². The monoisotopic (exact) mass is 515 g/mol. The molecular weight excluding hydrogens is 481 g/mol. The van der Waals surface area contributed by atoms with Crippen molar-refractivity contribution in [3.05, 3.63) is 35.4 Å². The largest absolute Gasteiger partial charge is 0.356 e. The van der Waals surface area contributed by atoms with Gasteiger partial charge < -0.3 is 21.3 Å². The van der Waals surface area contributed by atoms with Crippen LogP contribution in [0.2, 0.25) is 0 Å². The van der Waals surface area contributed by atoms with Gasteiger partial charge in [0.2, 0.25) is 5.91 Å². The summed E-state index contributed by atoms with van der Waals surface area (Å²) in [5.74, 6) is 1.34. The van der Waals surface area contributed by atoms with Crippen molar-refractivity contribution in [2.24, 2.45) is 10.9 Å². The molecule has 0 heterocycles. The normalized spacial score (nSPS) is 14.1.